The van der Waals surface area contributed by atoms with E-state index in [0.29, 0.717) is 17.4 Å². The Morgan fingerprint density at radius 2 is 2.00 bits per heavy atom. The van der Waals surface area contributed by atoms with Crippen LogP contribution in [0.4, 0.5) is 0 Å². The van der Waals surface area contributed by atoms with Crippen LogP contribution in [0.2, 0.25) is 0 Å². The minimum Gasteiger partial charge on any atom is -0.299 e. The molecule has 0 aliphatic carbocycles. The van der Waals surface area contributed by atoms with Gasteiger partial charge >= 0.3 is 0 Å². The Hall–Kier alpha value is -1.66. The molecule has 124 valence electrons. The first-order chi connectivity index (χ1) is 11.1. The van der Waals surface area contributed by atoms with Crippen LogP contribution in [0.5, 0.6) is 0 Å². The van der Waals surface area contributed by atoms with E-state index in [0.717, 1.165) is 26.1 Å². The Bertz CT molecular complexity index is 699. The van der Waals surface area contributed by atoms with Gasteiger partial charge in [-0.3, -0.25) is 9.58 Å². The highest BCUT2D eigenvalue weighted by molar-refractivity contribution is 7.91. The first-order valence-electron chi connectivity index (χ1n) is 8.14. The lowest BCUT2D eigenvalue weighted by molar-refractivity contribution is 0.228. The molecule has 1 saturated heterocycles. The van der Waals surface area contributed by atoms with Crippen molar-refractivity contribution >= 4 is 9.84 Å². The summed E-state index contributed by atoms with van der Waals surface area (Å²) >= 11 is 0. The van der Waals surface area contributed by atoms with Gasteiger partial charge in [-0.05, 0) is 50.6 Å². The van der Waals surface area contributed by atoms with Crippen molar-refractivity contribution in [2.75, 3.05) is 18.8 Å². The summed E-state index contributed by atoms with van der Waals surface area (Å²) in [5.74, 6) is 0.210. The van der Waals surface area contributed by atoms with E-state index in [1.54, 1.807) is 30.5 Å². The first-order valence-corrected chi connectivity index (χ1v) is 9.80. The molecule has 1 fully saturated rings. The Labute approximate surface area is 137 Å². The van der Waals surface area contributed by atoms with E-state index in [2.05, 4.69) is 10.00 Å². The molecule has 1 aliphatic heterocycles. The lowest BCUT2D eigenvalue weighted by Gasteiger charge is -2.24. The van der Waals surface area contributed by atoms with Crippen LogP contribution in [0.15, 0.2) is 53.7 Å². The highest BCUT2D eigenvalue weighted by atomic mass is 32.2. The van der Waals surface area contributed by atoms with Crippen molar-refractivity contribution in [3.8, 4) is 0 Å². The third kappa shape index (κ3) is 4.20. The van der Waals surface area contributed by atoms with Crippen molar-refractivity contribution in [2.24, 2.45) is 0 Å². The SMILES string of the molecule is O=S(=O)(CCCN1CCC[C@H]1Cn1cccn1)c1ccccc1. The Morgan fingerprint density at radius 3 is 2.74 bits per heavy atom. The van der Waals surface area contributed by atoms with Gasteiger partial charge in [0.05, 0.1) is 17.2 Å². The van der Waals surface area contributed by atoms with Crippen molar-refractivity contribution in [3.05, 3.63) is 48.8 Å². The van der Waals surface area contributed by atoms with Crippen LogP contribution >= 0.6 is 0 Å². The van der Waals surface area contributed by atoms with Gasteiger partial charge in [0.25, 0.3) is 0 Å². The first kappa shape index (κ1) is 16.2. The van der Waals surface area contributed by atoms with Crippen LogP contribution in [0.25, 0.3) is 0 Å². The Kier molecular flexibility index (Phi) is 5.13. The molecule has 5 nitrogen and oxygen atoms in total. The zero-order chi connectivity index (χ0) is 16.1. The lowest BCUT2D eigenvalue weighted by Crippen LogP contribution is -2.34. The monoisotopic (exact) mass is 333 g/mol. The molecule has 1 aromatic heterocycles. The topological polar surface area (TPSA) is 55.2 Å². The largest absolute Gasteiger partial charge is 0.299 e. The molecule has 6 heteroatoms. The van der Waals surface area contributed by atoms with Crippen LogP contribution in [-0.4, -0.2) is 48.0 Å². The number of nitrogens with zero attached hydrogens (tertiary/aromatic N) is 3. The quantitative estimate of drug-likeness (QED) is 0.779. The number of aromatic nitrogens is 2. The second-order valence-corrected chi connectivity index (χ2v) is 8.15. The lowest BCUT2D eigenvalue weighted by atomic mass is 10.2. The van der Waals surface area contributed by atoms with E-state index in [1.165, 1.54) is 6.42 Å². The van der Waals surface area contributed by atoms with Crippen LogP contribution in [0.1, 0.15) is 19.3 Å². The molecular formula is C17H23N3O2S. The van der Waals surface area contributed by atoms with Gasteiger partial charge in [-0.15, -0.1) is 0 Å². The number of hydrogen-bond acceptors (Lipinski definition) is 4. The number of sulfone groups is 1. The molecule has 1 atom stereocenters. The summed E-state index contributed by atoms with van der Waals surface area (Å²) in [4.78, 5) is 2.83. The number of hydrogen-bond donors (Lipinski definition) is 0. The molecule has 0 spiro atoms. The summed E-state index contributed by atoms with van der Waals surface area (Å²) in [6.45, 7) is 2.77. The van der Waals surface area contributed by atoms with Gasteiger partial charge in [0.15, 0.2) is 9.84 Å². The van der Waals surface area contributed by atoms with Gasteiger partial charge in [-0.1, -0.05) is 18.2 Å². The summed E-state index contributed by atoms with van der Waals surface area (Å²) in [7, 11) is -3.16. The summed E-state index contributed by atoms with van der Waals surface area (Å²) < 4.78 is 26.6. The van der Waals surface area contributed by atoms with Crippen LogP contribution in [-0.2, 0) is 16.4 Å². The summed E-state index contributed by atoms with van der Waals surface area (Å²) in [6, 6.07) is 11.1. The minimum atomic E-state index is -3.16. The van der Waals surface area contributed by atoms with Crippen molar-refractivity contribution in [2.45, 2.75) is 36.7 Å². The molecule has 0 radical (unpaired) electrons. The molecule has 0 bridgehead atoms. The summed E-state index contributed by atoms with van der Waals surface area (Å²) in [5, 5.41) is 4.27. The third-order valence-corrected chi connectivity index (χ3v) is 6.23. The third-order valence-electron chi connectivity index (χ3n) is 4.42. The molecule has 0 saturated carbocycles. The minimum absolute atomic E-state index is 0.210. The highest BCUT2D eigenvalue weighted by Crippen LogP contribution is 2.19. The average Bonchev–Trinajstić information content (AvgIpc) is 3.21. The van der Waals surface area contributed by atoms with Crippen LogP contribution in [0, 0.1) is 0 Å². The van der Waals surface area contributed by atoms with Gasteiger partial charge in [0.2, 0.25) is 0 Å². The molecule has 2 heterocycles. The summed E-state index contributed by atoms with van der Waals surface area (Å²) in [5.41, 5.74) is 0. The number of likely N-dealkylation sites (tertiary alicyclic amines) is 1. The van der Waals surface area contributed by atoms with E-state index in [4.69, 9.17) is 0 Å². The number of benzene rings is 1. The maximum absolute atomic E-state index is 12.3. The molecule has 0 unspecified atom stereocenters. The molecule has 3 rings (SSSR count). The predicted octanol–water partition coefficient (Wildman–Crippen LogP) is 2.21. The van der Waals surface area contributed by atoms with Crippen molar-refractivity contribution in [1.82, 2.24) is 14.7 Å². The fraction of sp³-hybridized carbons (Fsp3) is 0.471. The van der Waals surface area contributed by atoms with E-state index in [1.807, 2.05) is 23.0 Å². The molecule has 1 aliphatic rings. The van der Waals surface area contributed by atoms with Gasteiger partial charge in [-0.2, -0.15) is 5.10 Å². The molecule has 1 aromatic carbocycles. The standard InChI is InChI=1S/C17H23N3O2S/c21-23(22,17-8-2-1-3-9-17)14-6-12-19-11-4-7-16(19)15-20-13-5-10-18-20/h1-3,5,8-10,13,16H,4,6-7,11-12,14-15H2/t16-/m0/s1. The Balaban J connectivity index is 1.52. The van der Waals surface area contributed by atoms with Crippen molar-refractivity contribution in [1.29, 1.82) is 0 Å². The van der Waals surface area contributed by atoms with E-state index in [-0.39, 0.29) is 5.75 Å². The van der Waals surface area contributed by atoms with Gasteiger partial charge < -0.3 is 0 Å². The zero-order valence-corrected chi connectivity index (χ0v) is 14.0. The molecular weight excluding hydrogens is 310 g/mol. The second-order valence-electron chi connectivity index (χ2n) is 6.05. The normalized spacial score (nSPS) is 19.2. The fourth-order valence-electron chi connectivity index (χ4n) is 3.22. The van der Waals surface area contributed by atoms with Gasteiger partial charge in [-0.25, -0.2) is 8.42 Å². The smallest absolute Gasteiger partial charge is 0.178 e. The van der Waals surface area contributed by atoms with Crippen molar-refractivity contribution < 1.29 is 8.42 Å². The molecule has 0 N–H and O–H groups in total. The fourth-order valence-corrected chi connectivity index (χ4v) is 4.54. The predicted molar refractivity (Wildman–Crippen MR) is 89.9 cm³/mol. The van der Waals surface area contributed by atoms with Gasteiger partial charge in [0.1, 0.15) is 0 Å². The van der Waals surface area contributed by atoms with Crippen molar-refractivity contribution in [3.63, 3.8) is 0 Å². The second kappa shape index (κ2) is 7.27. The molecule has 2 aromatic rings. The number of rotatable bonds is 7. The molecule has 23 heavy (non-hydrogen) atoms. The van der Waals surface area contributed by atoms with Gasteiger partial charge in [0, 0.05) is 18.4 Å². The van der Waals surface area contributed by atoms with E-state index >= 15 is 0 Å². The average molecular weight is 333 g/mol. The maximum atomic E-state index is 12.3. The van der Waals surface area contributed by atoms with Crippen LogP contribution in [0.3, 0.4) is 0 Å². The maximum Gasteiger partial charge on any atom is 0.178 e. The van der Waals surface area contributed by atoms with E-state index < -0.39 is 9.84 Å². The highest BCUT2D eigenvalue weighted by Gasteiger charge is 2.25. The summed E-state index contributed by atoms with van der Waals surface area (Å²) in [6.07, 6.45) is 6.79. The zero-order valence-electron chi connectivity index (χ0n) is 13.2. The van der Waals surface area contributed by atoms with E-state index in [9.17, 15) is 8.42 Å². The Morgan fingerprint density at radius 1 is 1.17 bits per heavy atom. The van der Waals surface area contributed by atoms with Crippen LogP contribution < -0.4 is 0 Å². The molecule has 0 amide bonds.